The Morgan fingerprint density at radius 1 is 1.11 bits per heavy atom. The quantitative estimate of drug-likeness (QED) is 0.820. The number of aromatic nitrogens is 1. The van der Waals surface area contributed by atoms with Gasteiger partial charge in [0.05, 0.1) is 6.04 Å². The maximum atomic E-state index is 13.5. The van der Waals surface area contributed by atoms with Crippen LogP contribution in [0.3, 0.4) is 0 Å². The second-order valence-electron chi connectivity index (χ2n) is 8.47. The van der Waals surface area contributed by atoms with E-state index in [0.717, 1.165) is 24.1 Å². The van der Waals surface area contributed by atoms with Crippen molar-refractivity contribution in [2.45, 2.75) is 31.7 Å². The molecule has 2 atom stereocenters. The minimum Gasteiger partial charge on any atom is -0.331 e. The molecule has 0 N–H and O–H groups in total. The molecule has 4 aliphatic rings. The molecule has 0 unspecified atom stereocenters. The summed E-state index contributed by atoms with van der Waals surface area (Å²) in [6.45, 7) is 4.14. The summed E-state index contributed by atoms with van der Waals surface area (Å²) in [6.07, 6.45) is 7.60. The van der Waals surface area contributed by atoms with Gasteiger partial charge in [-0.15, -0.1) is 0 Å². The van der Waals surface area contributed by atoms with E-state index in [-0.39, 0.29) is 17.8 Å². The Labute approximate surface area is 165 Å². The van der Waals surface area contributed by atoms with E-state index >= 15 is 0 Å². The van der Waals surface area contributed by atoms with Gasteiger partial charge < -0.3 is 9.80 Å². The normalized spacial score (nSPS) is 28.8. The predicted molar refractivity (Wildman–Crippen MR) is 105 cm³/mol. The molecule has 3 fully saturated rings. The van der Waals surface area contributed by atoms with Crippen molar-refractivity contribution in [1.82, 2.24) is 14.8 Å². The Kier molecular flexibility index (Phi) is 4.63. The summed E-state index contributed by atoms with van der Waals surface area (Å²) >= 11 is 0. The molecule has 146 valence electrons. The molecule has 0 saturated carbocycles. The molecule has 0 aliphatic carbocycles. The van der Waals surface area contributed by atoms with E-state index in [9.17, 15) is 9.18 Å². The van der Waals surface area contributed by atoms with E-state index in [1.807, 2.05) is 29.3 Å². The number of nitrogens with zero attached hydrogens (tertiary/aromatic N) is 3. The van der Waals surface area contributed by atoms with Gasteiger partial charge in [0.1, 0.15) is 5.82 Å². The van der Waals surface area contributed by atoms with Gasteiger partial charge in [0.2, 0.25) is 5.91 Å². The van der Waals surface area contributed by atoms with E-state index < -0.39 is 0 Å². The van der Waals surface area contributed by atoms with Gasteiger partial charge in [-0.3, -0.25) is 9.78 Å². The third-order valence-electron chi connectivity index (χ3n) is 6.90. The number of pyridine rings is 1. The minimum absolute atomic E-state index is 0.152. The Morgan fingerprint density at radius 3 is 2.61 bits per heavy atom. The molecule has 0 spiro atoms. The lowest BCUT2D eigenvalue weighted by molar-refractivity contribution is -0.136. The van der Waals surface area contributed by atoms with Crippen molar-refractivity contribution in [2.75, 3.05) is 26.2 Å². The Morgan fingerprint density at radius 2 is 1.89 bits per heavy atom. The molecule has 28 heavy (non-hydrogen) atoms. The van der Waals surface area contributed by atoms with Gasteiger partial charge in [-0.1, -0.05) is 12.1 Å². The van der Waals surface area contributed by atoms with Crippen LogP contribution in [-0.2, 0) is 11.2 Å². The highest BCUT2D eigenvalue weighted by Gasteiger charge is 2.38. The monoisotopic (exact) mass is 379 g/mol. The van der Waals surface area contributed by atoms with Crippen molar-refractivity contribution in [2.24, 2.45) is 11.8 Å². The fraction of sp³-hybridized carbons (Fsp3) is 0.478. The summed E-state index contributed by atoms with van der Waals surface area (Å²) in [4.78, 5) is 22.2. The van der Waals surface area contributed by atoms with Crippen LogP contribution < -0.4 is 0 Å². The molecule has 1 amide bonds. The van der Waals surface area contributed by atoms with E-state index in [0.29, 0.717) is 24.8 Å². The molecule has 2 bridgehead atoms. The van der Waals surface area contributed by atoms with Gasteiger partial charge in [-0.2, -0.15) is 0 Å². The predicted octanol–water partition coefficient (Wildman–Crippen LogP) is 3.43. The first-order valence-corrected chi connectivity index (χ1v) is 10.4. The number of rotatable bonds is 3. The molecular formula is C23H26FN3O. The van der Waals surface area contributed by atoms with Gasteiger partial charge in [0.15, 0.2) is 0 Å². The highest BCUT2D eigenvalue weighted by atomic mass is 19.1. The van der Waals surface area contributed by atoms with Crippen molar-refractivity contribution in [3.63, 3.8) is 0 Å². The molecule has 0 radical (unpaired) electrons. The molecule has 5 heterocycles. The third kappa shape index (κ3) is 3.22. The lowest BCUT2D eigenvalue weighted by Crippen LogP contribution is -2.49. The lowest BCUT2D eigenvalue weighted by atomic mass is 9.77. The number of benzene rings is 1. The highest BCUT2D eigenvalue weighted by molar-refractivity contribution is 5.78. The summed E-state index contributed by atoms with van der Waals surface area (Å²) in [7, 11) is 0. The first-order chi connectivity index (χ1) is 13.7. The zero-order valence-electron chi connectivity index (χ0n) is 16.1. The topological polar surface area (TPSA) is 36.4 Å². The highest BCUT2D eigenvalue weighted by Crippen LogP contribution is 2.38. The molecular weight excluding hydrogens is 353 g/mol. The van der Waals surface area contributed by atoms with E-state index in [1.165, 1.54) is 43.6 Å². The van der Waals surface area contributed by atoms with Crippen LogP contribution >= 0.6 is 0 Å². The number of hydrogen-bond donors (Lipinski definition) is 0. The summed E-state index contributed by atoms with van der Waals surface area (Å²) in [6, 6.07) is 8.45. The fourth-order valence-corrected chi connectivity index (χ4v) is 5.39. The van der Waals surface area contributed by atoms with Crippen LogP contribution in [0.25, 0.3) is 0 Å². The largest absolute Gasteiger partial charge is 0.331 e. The smallest absolute Gasteiger partial charge is 0.223 e. The first-order valence-electron chi connectivity index (χ1n) is 10.4. The van der Waals surface area contributed by atoms with Crippen LogP contribution in [0.5, 0.6) is 0 Å². The van der Waals surface area contributed by atoms with Gasteiger partial charge in [0.25, 0.3) is 0 Å². The summed E-state index contributed by atoms with van der Waals surface area (Å²) in [5.41, 5.74) is 3.27. The second kappa shape index (κ2) is 7.28. The summed E-state index contributed by atoms with van der Waals surface area (Å²) in [5.74, 6) is 1.15. The van der Waals surface area contributed by atoms with Crippen molar-refractivity contribution in [3.05, 3.63) is 65.2 Å². The van der Waals surface area contributed by atoms with Crippen LogP contribution in [-0.4, -0.2) is 46.9 Å². The van der Waals surface area contributed by atoms with Crippen molar-refractivity contribution >= 4 is 5.91 Å². The minimum atomic E-state index is -0.250. The van der Waals surface area contributed by atoms with Crippen LogP contribution in [0.1, 0.15) is 42.0 Å². The van der Waals surface area contributed by atoms with Crippen molar-refractivity contribution in [3.8, 4) is 0 Å². The Balaban J connectivity index is 1.43. The second-order valence-corrected chi connectivity index (χ2v) is 8.47. The van der Waals surface area contributed by atoms with Crippen LogP contribution in [0.15, 0.2) is 42.7 Å². The lowest BCUT2D eigenvalue weighted by Gasteiger charge is -2.46. The number of piperidine rings is 3. The molecule has 5 heteroatoms. The molecule has 1 aromatic heterocycles. The molecule has 3 saturated heterocycles. The molecule has 6 rings (SSSR count). The summed E-state index contributed by atoms with van der Waals surface area (Å²) < 4.78 is 13.5. The SMILES string of the molecule is O=C(C[C@@H]1CN2CCC1CC2)N1CCc2cnccc2[C@H]1c1ccc(F)cc1. The number of amides is 1. The first kappa shape index (κ1) is 17.8. The maximum Gasteiger partial charge on any atom is 0.223 e. The zero-order valence-corrected chi connectivity index (χ0v) is 16.1. The number of hydrogen-bond acceptors (Lipinski definition) is 3. The van der Waals surface area contributed by atoms with Gasteiger partial charge in [-0.05, 0) is 79.1 Å². The van der Waals surface area contributed by atoms with Crippen molar-refractivity contribution < 1.29 is 9.18 Å². The number of carbonyl (C=O) groups excluding carboxylic acids is 1. The van der Waals surface area contributed by atoms with Gasteiger partial charge >= 0.3 is 0 Å². The Hall–Kier alpha value is -2.27. The van der Waals surface area contributed by atoms with E-state index in [4.69, 9.17) is 0 Å². The molecule has 4 nitrogen and oxygen atoms in total. The summed E-state index contributed by atoms with van der Waals surface area (Å²) in [5, 5.41) is 0. The van der Waals surface area contributed by atoms with Gasteiger partial charge in [0, 0.05) is 31.9 Å². The number of fused-ring (bicyclic) bond motifs is 4. The third-order valence-corrected chi connectivity index (χ3v) is 6.90. The average Bonchev–Trinajstić information content (AvgIpc) is 2.74. The molecule has 1 aromatic carbocycles. The van der Waals surface area contributed by atoms with E-state index in [2.05, 4.69) is 9.88 Å². The number of halogens is 1. The Bertz CT molecular complexity index is 860. The average molecular weight is 379 g/mol. The van der Waals surface area contributed by atoms with E-state index in [1.54, 1.807) is 6.20 Å². The number of carbonyl (C=O) groups is 1. The standard InChI is InChI=1S/C23H26FN3O/c24-20-3-1-17(2-4-20)23-21-5-9-25-14-18(21)8-12-27(23)22(28)13-19-15-26-10-6-16(19)7-11-26/h1-5,9,14,16,19,23H,6-8,10-13,15H2/t19-,23-/m1/s1. The molecule has 2 aromatic rings. The maximum absolute atomic E-state index is 13.5. The van der Waals surface area contributed by atoms with Gasteiger partial charge in [-0.25, -0.2) is 4.39 Å². The van der Waals surface area contributed by atoms with Crippen molar-refractivity contribution in [1.29, 1.82) is 0 Å². The fourth-order valence-electron chi connectivity index (χ4n) is 5.39. The van der Waals surface area contributed by atoms with Crippen LogP contribution in [0.2, 0.25) is 0 Å². The van der Waals surface area contributed by atoms with Crippen LogP contribution in [0, 0.1) is 17.7 Å². The van der Waals surface area contributed by atoms with Crippen LogP contribution in [0.4, 0.5) is 4.39 Å². The zero-order chi connectivity index (χ0) is 19.1. The molecule has 4 aliphatic heterocycles.